The van der Waals surface area contributed by atoms with Gasteiger partial charge in [0.15, 0.2) is 14.6 Å². The second-order valence-electron chi connectivity index (χ2n) is 4.80. The van der Waals surface area contributed by atoms with E-state index in [1.807, 2.05) is 0 Å². The molecule has 1 aromatic rings. The molecule has 4 radical (unpaired) electrons. The van der Waals surface area contributed by atoms with Gasteiger partial charge >= 0.3 is 5.69 Å². The van der Waals surface area contributed by atoms with Crippen molar-refractivity contribution in [3.05, 3.63) is 43.8 Å². The lowest BCUT2D eigenvalue weighted by Crippen LogP contribution is -2.37. The molecular formula is C13H19B2N2O7P. The van der Waals surface area contributed by atoms with Crippen LogP contribution in [0.4, 0.5) is 0 Å². The van der Waals surface area contributed by atoms with Gasteiger partial charge in [0.05, 0.1) is 19.3 Å². The van der Waals surface area contributed by atoms with Crippen molar-refractivity contribution in [2.24, 2.45) is 0 Å². The first-order chi connectivity index (χ1) is 11.8. The zero-order valence-electron chi connectivity index (χ0n) is 14.2. The highest BCUT2D eigenvalue weighted by Gasteiger charge is 2.23. The molecule has 0 fully saturated rings. The topological polar surface area (TPSA) is 112 Å². The largest absolute Gasteiger partial charge is 0.382 e. The van der Waals surface area contributed by atoms with Gasteiger partial charge in [-0.15, -0.1) is 0 Å². The Bertz CT molecular complexity index is 693. The molecule has 134 valence electrons. The van der Waals surface area contributed by atoms with Crippen LogP contribution in [0.3, 0.4) is 0 Å². The fourth-order valence-corrected chi connectivity index (χ4v) is 2.46. The maximum absolute atomic E-state index is 12.0. The molecule has 1 heterocycles. The molecule has 0 amide bonds. The first-order valence-electron chi connectivity index (χ1n) is 7.08. The number of hydrogen-bond acceptors (Lipinski definition) is 7. The number of hydrogen-bond donors (Lipinski definition) is 2. The minimum Gasteiger partial charge on any atom is -0.382 e. The van der Waals surface area contributed by atoms with E-state index in [1.165, 1.54) is 33.6 Å². The van der Waals surface area contributed by atoms with Crippen molar-refractivity contribution < 1.29 is 23.6 Å². The fourth-order valence-electron chi connectivity index (χ4n) is 1.90. The molecule has 0 aliphatic heterocycles. The number of aromatic nitrogens is 2. The Balaban J connectivity index is 3.17. The molecular weight excluding hydrogens is 349 g/mol. The Morgan fingerprint density at radius 2 is 1.92 bits per heavy atom. The van der Waals surface area contributed by atoms with Gasteiger partial charge < -0.3 is 23.6 Å². The van der Waals surface area contributed by atoms with E-state index in [9.17, 15) is 14.5 Å². The summed E-state index contributed by atoms with van der Waals surface area (Å²) in [7, 11) is 13.8. The lowest BCUT2D eigenvalue weighted by Gasteiger charge is -2.28. The van der Waals surface area contributed by atoms with Crippen LogP contribution < -0.4 is 11.2 Å². The van der Waals surface area contributed by atoms with Crippen LogP contribution in [0.1, 0.15) is 6.23 Å². The molecule has 0 spiro atoms. The van der Waals surface area contributed by atoms with E-state index >= 15 is 0 Å². The summed E-state index contributed by atoms with van der Waals surface area (Å²) in [5.41, 5.74) is -1.21. The van der Waals surface area contributed by atoms with E-state index in [1.54, 1.807) is 0 Å². The van der Waals surface area contributed by atoms with Gasteiger partial charge in [0.1, 0.15) is 15.7 Å². The van der Waals surface area contributed by atoms with Crippen LogP contribution >= 0.6 is 8.38 Å². The van der Waals surface area contributed by atoms with E-state index in [4.69, 9.17) is 34.4 Å². The number of ether oxygens (including phenoxy) is 3. The first-order valence-corrected chi connectivity index (χ1v) is 8.29. The Labute approximate surface area is 148 Å². The lowest BCUT2D eigenvalue weighted by molar-refractivity contribution is -0.0934. The van der Waals surface area contributed by atoms with Crippen molar-refractivity contribution >= 4 is 24.1 Å². The van der Waals surface area contributed by atoms with E-state index in [2.05, 4.69) is 4.98 Å². The molecule has 2 N–H and O–H groups in total. The molecule has 0 aromatic carbocycles. The summed E-state index contributed by atoms with van der Waals surface area (Å²) in [4.78, 5) is 35.0. The Kier molecular flexibility index (Phi) is 9.34. The predicted octanol–water partition coefficient (Wildman–Crippen LogP) is -0.830. The van der Waals surface area contributed by atoms with Gasteiger partial charge in [0, 0.05) is 33.6 Å². The average Bonchev–Trinajstić information content (AvgIpc) is 2.59. The van der Waals surface area contributed by atoms with E-state index in [0.717, 1.165) is 4.57 Å². The predicted molar refractivity (Wildman–Crippen MR) is 93.7 cm³/mol. The molecule has 1 rings (SSSR count). The second kappa shape index (κ2) is 10.7. The summed E-state index contributed by atoms with van der Waals surface area (Å²) in [5.74, 6) is 0. The molecule has 0 saturated carbocycles. The van der Waals surface area contributed by atoms with Gasteiger partial charge in [-0.25, -0.2) is 4.79 Å². The average molecular weight is 368 g/mol. The summed E-state index contributed by atoms with van der Waals surface area (Å²) in [6.07, 6.45) is -0.545. The van der Waals surface area contributed by atoms with Crippen LogP contribution in [0.2, 0.25) is 0 Å². The number of nitrogens with zero attached hydrogens (tertiary/aromatic N) is 1. The van der Waals surface area contributed by atoms with Crippen molar-refractivity contribution in [3.8, 4) is 0 Å². The van der Waals surface area contributed by atoms with Crippen LogP contribution in [0.25, 0.3) is 0 Å². The number of rotatable bonds is 10. The minimum absolute atomic E-state index is 0.00224. The highest BCUT2D eigenvalue weighted by Crippen LogP contribution is 2.40. The third kappa shape index (κ3) is 6.22. The normalized spacial score (nSPS) is 16.2. The summed E-state index contributed by atoms with van der Waals surface area (Å²) in [5, 5.41) is -0.0791. The van der Waals surface area contributed by atoms with Crippen molar-refractivity contribution in [1.82, 2.24) is 9.55 Å². The third-order valence-corrected chi connectivity index (χ3v) is 4.15. The van der Waals surface area contributed by atoms with Gasteiger partial charge in [-0.1, -0.05) is 10.7 Å². The van der Waals surface area contributed by atoms with Crippen LogP contribution in [0, 0.1) is 0 Å². The maximum Gasteiger partial charge on any atom is 0.330 e. The number of aromatic amines is 1. The molecule has 0 bridgehead atoms. The highest BCUT2D eigenvalue weighted by molar-refractivity contribution is 7.53. The first kappa shape index (κ1) is 21.8. The van der Waals surface area contributed by atoms with E-state index in [-0.39, 0.29) is 23.9 Å². The second-order valence-corrected chi connectivity index (χ2v) is 6.20. The fraction of sp³-hybridized carbons (Fsp3) is 0.538. The molecule has 0 saturated heterocycles. The van der Waals surface area contributed by atoms with E-state index < -0.39 is 32.0 Å². The van der Waals surface area contributed by atoms with E-state index in [0.29, 0.717) is 0 Å². The summed E-state index contributed by atoms with van der Waals surface area (Å²) in [6.45, 7) is -0.0186. The third-order valence-electron chi connectivity index (χ3n) is 3.13. The molecule has 0 aliphatic carbocycles. The Morgan fingerprint density at radius 3 is 2.44 bits per heavy atom. The summed E-state index contributed by atoms with van der Waals surface area (Å²) in [6, 6.07) is 1.17. The Morgan fingerprint density at radius 1 is 1.28 bits per heavy atom. The zero-order chi connectivity index (χ0) is 19.0. The molecule has 12 heteroatoms. The smallest absolute Gasteiger partial charge is 0.330 e. The number of methoxy groups -OCH3 is 2. The molecule has 2 unspecified atom stereocenters. The number of H-pyrrole nitrogens is 1. The molecule has 0 aliphatic rings. The van der Waals surface area contributed by atoms with Crippen LogP contribution in [0.5, 0.6) is 0 Å². The quantitative estimate of drug-likeness (QED) is 0.410. The van der Waals surface area contributed by atoms with Gasteiger partial charge in [-0.3, -0.25) is 14.3 Å². The SMILES string of the molecule is [B]/C(=C(/[B])P(O)OC)C(COC)O[C@H](COC)n1ccc(=O)[nH]c1=O. The monoisotopic (exact) mass is 368 g/mol. The van der Waals surface area contributed by atoms with Crippen molar-refractivity contribution in [1.29, 1.82) is 0 Å². The van der Waals surface area contributed by atoms with Gasteiger partial charge in [-0.2, -0.15) is 0 Å². The maximum atomic E-state index is 12.0. The zero-order valence-corrected chi connectivity index (χ0v) is 15.1. The molecule has 9 nitrogen and oxygen atoms in total. The van der Waals surface area contributed by atoms with Crippen LogP contribution in [-0.4, -0.2) is 70.8 Å². The van der Waals surface area contributed by atoms with Gasteiger partial charge in [0.2, 0.25) is 0 Å². The van der Waals surface area contributed by atoms with Crippen molar-refractivity contribution in [2.45, 2.75) is 12.3 Å². The molecule has 3 atom stereocenters. The lowest BCUT2D eigenvalue weighted by atomic mass is 9.84. The minimum atomic E-state index is -2.07. The summed E-state index contributed by atoms with van der Waals surface area (Å²) >= 11 is 0. The molecule has 1 aromatic heterocycles. The standard InChI is InChI=1S/C13H19B2N2O7P/c1-21-6-8(11(14)12(15)25(20)23-3)24-10(7-22-2)17-5-4-9(18)16-13(17)19/h4-5,8,10,20H,6-7H2,1-3H3,(H,16,18,19)/b12-11-/t8?,10-,25?/m1/s1. The molecule has 25 heavy (non-hydrogen) atoms. The summed E-state index contributed by atoms with van der Waals surface area (Å²) < 4.78 is 21.8. The van der Waals surface area contributed by atoms with Gasteiger partial charge in [-0.05, 0) is 0 Å². The van der Waals surface area contributed by atoms with Crippen LogP contribution in [-0.2, 0) is 18.7 Å². The van der Waals surface area contributed by atoms with Crippen LogP contribution in [0.15, 0.2) is 32.5 Å². The highest BCUT2D eigenvalue weighted by atomic mass is 31.2. The number of nitrogens with one attached hydrogen (secondary N) is 1. The van der Waals surface area contributed by atoms with Gasteiger partial charge in [0.25, 0.3) is 5.56 Å². The van der Waals surface area contributed by atoms with Crippen molar-refractivity contribution in [2.75, 3.05) is 34.5 Å². The van der Waals surface area contributed by atoms with Crippen molar-refractivity contribution in [3.63, 3.8) is 0 Å². The Hall–Kier alpha value is -1.22.